The van der Waals surface area contributed by atoms with Gasteiger partial charge in [-0.15, -0.1) is 0 Å². The maximum Gasteiger partial charge on any atom is 0.419 e. The maximum absolute atomic E-state index is 14.4. The SMILES string of the molecule is Cc1nc(Nc2cccc3c2CC(O)CC3)oc1-c1ccc(C(F)(F)F)c(F)c1F. The molecule has 0 bridgehead atoms. The lowest BCUT2D eigenvalue weighted by Crippen LogP contribution is -2.19. The predicted molar refractivity (Wildman–Crippen MR) is 99.4 cm³/mol. The first-order valence-corrected chi connectivity index (χ1v) is 9.24. The van der Waals surface area contributed by atoms with Crippen LogP contribution in [0.1, 0.15) is 28.8 Å². The first-order valence-electron chi connectivity index (χ1n) is 9.24. The van der Waals surface area contributed by atoms with E-state index in [1.54, 1.807) is 6.07 Å². The molecular weight excluding hydrogens is 407 g/mol. The van der Waals surface area contributed by atoms with Crippen LogP contribution in [-0.2, 0) is 19.0 Å². The van der Waals surface area contributed by atoms with E-state index in [9.17, 15) is 27.1 Å². The van der Waals surface area contributed by atoms with E-state index in [4.69, 9.17) is 4.42 Å². The zero-order chi connectivity index (χ0) is 21.6. The fourth-order valence-corrected chi connectivity index (χ4v) is 3.65. The Balaban J connectivity index is 1.68. The highest BCUT2D eigenvalue weighted by Crippen LogP contribution is 2.38. The van der Waals surface area contributed by atoms with Gasteiger partial charge in [-0.2, -0.15) is 18.2 Å². The predicted octanol–water partition coefficient (Wildman–Crippen LogP) is 5.54. The number of rotatable bonds is 3. The minimum atomic E-state index is -5.01. The number of aliphatic hydroxyl groups is 1. The highest BCUT2D eigenvalue weighted by Gasteiger charge is 2.36. The molecule has 0 radical (unpaired) electrons. The van der Waals surface area contributed by atoms with Gasteiger partial charge < -0.3 is 14.8 Å². The van der Waals surface area contributed by atoms with E-state index in [0.29, 0.717) is 24.6 Å². The molecule has 158 valence electrons. The molecule has 9 heteroatoms. The minimum Gasteiger partial charge on any atom is -0.423 e. The number of hydrogen-bond acceptors (Lipinski definition) is 4. The van der Waals surface area contributed by atoms with Crippen LogP contribution in [-0.4, -0.2) is 16.2 Å². The molecule has 0 saturated carbocycles. The molecule has 4 nitrogen and oxygen atoms in total. The molecule has 1 aliphatic carbocycles. The first kappa shape index (κ1) is 20.3. The van der Waals surface area contributed by atoms with Gasteiger partial charge in [0, 0.05) is 12.1 Å². The second-order valence-corrected chi connectivity index (χ2v) is 7.18. The Hall–Kier alpha value is -2.94. The summed E-state index contributed by atoms with van der Waals surface area (Å²) in [5.41, 5.74) is 0.668. The van der Waals surface area contributed by atoms with Gasteiger partial charge in [0.15, 0.2) is 17.4 Å². The van der Waals surface area contributed by atoms with Gasteiger partial charge in [-0.05, 0) is 49.1 Å². The average Bonchev–Trinajstić information content (AvgIpc) is 3.03. The molecule has 1 aliphatic rings. The Bertz CT molecular complexity index is 1110. The summed E-state index contributed by atoms with van der Waals surface area (Å²) < 4.78 is 72.2. The number of nitrogens with one attached hydrogen (secondary N) is 1. The molecular formula is C21H17F5N2O2. The molecule has 0 aliphatic heterocycles. The summed E-state index contributed by atoms with van der Waals surface area (Å²) in [7, 11) is 0. The van der Waals surface area contributed by atoms with Crippen molar-refractivity contribution in [1.29, 1.82) is 0 Å². The Morgan fingerprint density at radius 3 is 2.63 bits per heavy atom. The molecule has 1 heterocycles. The van der Waals surface area contributed by atoms with E-state index in [0.717, 1.165) is 23.6 Å². The van der Waals surface area contributed by atoms with Crippen LogP contribution in [0.4, 0.5) is 33.7 Å². The fourth-order valence-electron chi connectivity index (χ4n) is 3.65. The third kappa shape index (κ3) is 3.65. The van der Waals surface area contributed by atoms with E-state index < -0.39 is 35.0 Å². The highest BCUT2D eigenvalue weighted by molar-refractivity contribution is 5.66. The topological polar surface area (TPSA) is 58.3 Å². The van der Waals surface area contributed by atoms with Crippen molar-refractivity contribution in [2.24, 2.45) is 0 Å². The van der Waals surface area contributed by atoms with E-state index in [-0.39, 0.29) is 17.5 Å². The van der Waals surface area contributed by atoms with Crippen LogP contribution in [0.25, 0.3) is 11.3 Å². The lowest BCUT2D eigenvalue weighted by Gasteiger charge is -2.23. The van der Waals surface area contributed by atoms with Gasteiger partial charge in [0.25, 0.3) is 6.01 Å². The second-order valence-electron chi connectivity index (χ2n) is 7.18. The van der Waals surface area contributed by atoms with E-state index >= 15 is 0 Å². The normalized spacial score (nSPS) is 16.4. The number of aryl methyl sites for hydroxylation is 2. The summed E-state index contributed by atoms with van der Waals surface area (Å²) in [4.78, 5) is 4.14. The summed E-state index contributed by atoms with van der Waals surface area (Å²) in [6.45, 7) is 1.48. The van der Waals surface area contributed by atoms with Gasteiger partial charge in [0.1, 0.15) is 0 Å². The molecule has 0 saturated heterocycles. The third-order valence-corrected chi connectivity index (χ3v) is 5.13. The smallest absolute Gasteiger partial charge is 0.419 e. The lowest BCUT2D eigenvalue weighted by atomic mass is 9.88. The zero-order valence-corrected chi connectivity index (χ0v) is 15.8. The van der Waals surface area contributed by atoms with Gasteiger partial charge in [-0.3, -0.25) is 0 Å². The number of alkyl halides is 3. The summed E-state index contributed by atoms with van der Waals surface area (Å²) in [5, 5.41) is 12.9. The van der Waals surface area contributed by atoms with Crippen LogP contribution >= 0.6 is 0 Å². The van der Waals surface area contributed by atoms with E-state index in [2.05, 4.69) is 10.3 Å². The van der Waals surface area contributed by atoms with Crippen LogP contribution in [0.5, 0.6) is 0 Å². The lowest BCUT2D eigenvalue weighted by molar-refractivity contribution is -0.140. The van der Waals surface area contributed by atoms with Crippen LogP contribution in [0.15, 0.2) is 34.7 Å². The van der Waals surface area contributed by atoms with Crippen molar-refractivity contribution in [3.05, 3.63) is 64.4 Å². The van der Waals surface area contributed by atoms with Crippen molar-refractivity contribution in [3.63, 3.8) is 0 Å². The van der Waals surface area contributed by atoms with Gasteiger partial charge in [0.2, 0.25) is 0 Å². The Morgan fingerprint density at radius 1 is 1.13 bits per heavy atom. The third-order valence-electron chi connectivity index (χ3n) is 5.13. The van der Waals surface area contributed by atoms with Crippen LogP contribution < -0.4 is 5.32 Å². The highest BCUT2D eigenvalue weighted by atomic mass is 19.4. The monoisotopic (exact) mass is 424 g/mol. The molecule has 2 N–H and O–H groups in total. The minimum absolute atomic E-state index is 0.0179. The van der Waals surface area contributed by atoms with Gasteiger partial charge >= 0.3 is 6.18 Å². The maximum atomic E-state index is 14.4. The van der Waals surface area contributed by atoms with Crippen molar-refractivity contribution in [1.82, 2.24) is 4.98 Å². The molecule has 0 fully saturated rings. The number of aromatic nitrogens is 1. The summed E-state index contributed by atoms with van der Waals surface area (Å²) in [6.07, 6.45) is -3.64. The summed E-state index contributed by atoms with van der Waals surface area (Å²) in [6, 6.07) is 6.83. The largest absolute Gasteiger partial charge is 0.423 e. The number of anilines is 2. The van der Waals surface area contributed by atoms with Crippen molar-refractivity contribution in [3.8, 4) is 11.3 Å². The molecule has 0 spiro atoms. The van der Waals surface area contributed by atoms with E-state index in [1.807, 2.05) is 12.1 Å². The number of hydrogen-bond donors (Lipinski definition) is 2. The van der Waals surface area contributed by atoms with Crippen molar-refractivity contribution < 1.29 is 31.5 Å². The standard InChI is InChI=1S/C21H17F5N2O2/c1-10-19(13-7-8-15(21(24,25)26)18(23)17(13)22)30-20(27-10)28-16-4-2-3-11-5-6-12(29)9-14(11)16/h2-4,7-8,12,29H,5-6,9H2,1H3,(H,27,28). The van der Waals surface area contributed by atoms with Crippen LogP contribution in [0.3, 0.4) is 0 Å². The Kier molecular flexibility index (Phi) is 5.01. The number of oxazole rings is 1. The van der Waals surface area contributed by atoms with Gasteiger partial charge in [-0.1, -0.05) is 12.1 Å². The summed E-state index contributed by atoms with van der Waals surface area (Å²) in [5.74, 6) is -3.82. The Morgan fingerprint density at radius 2 is 1.90 bits per heavy atom. The second kappa shape index (κ2) is 7.39. The quantitative estimate of drug-likeness (QED) is 0.542. The molecule has 1 aromatic heterocycles. The molecule has 4 rings (SSSR count). The number of benzene rings is 2. The molecule has 1 unspecified atom stereocenters. The fraction of sp³-hybridized carbons (Fsp3) is 0.286. The molecule has 30 heavy (non-hydrogen) atoms. The van der Waals surface area contributed by atoms with Crippen molar-refractivity contribution in [2.75, 3.05) is 5.32 Å². The number of fused-ring (bicyclic) bond motifs is 1. The van der Waals surface area contributed by atoms with E-state index in [1.165, 1.54) is 6.92 Å². The van der Waals surface area contributed by atoms with Crippen molar-refractivity contribution >= 4 is 11.7 Å². The average molecular weight is 424 g/mol. The number of aliphatic hydroxyl groups excluding tert-OH is 1. The van der Waals surface area contributed by atoms with Crippen LogP contribution in [0.2, 0.25) is 0 Å². The van der Waals surface area contributed by atoms with Gasteiger partial charge in [-0.25, -0.2) is 8.78 Å². The Labute approximate surface area is 168 Å². The molecule has 2 aromatic carbocycles. The zero-order valence-electron chi connectivity index (χ0n) is 15.8. The van der Waals surface area contributed by atoms with Crippen molar-refractivity contribution in [2.45, 2.75) is 38.5 Å². The van der Waals surface area contributed by atoms with Crippen LogP contribution in [0, 0.1) is 18.6 Å². The summed E-state index contributed by atoms with van der Waals surface area (Å²) >= 11 is 0. The molecule has 0 amide bonds. The van der Waals surface area contributed by atoms with Gasteiger partial charge in [0.05, 0.1) is 22.9 Å². The molecule has 1 atom stereocenters. The number of nitrogens with zero attached hydrogens (tertiary/aromatic N) is 1. The number of halogens is 5. The first-order chi connectivity index (χ1) is 14.1. The molecule has 3 aromatic rings.